The van der Waals surface area contributed by atoms with Crippen LogP contribution in [-0.2, 0) is 0 Å². The number of hydrogen-bond acceptors (Lipinski definition) is 0. The van der Waals surface area contributed by atoms with Crippen LogP contribution < -0.4 is 0 Å². The van der Waals surface area contributed by atoms with E-state index < -0.39 is 0 Å². The van der Waals surface area contributed by atoms with Gasteiger partial charge in [0.25, 0.3) is 0 Å². The van der Waals surface area contributed by atoms with Crippen LogP contribution in [-0.4, -0.2) is 0 Å². The first-order chi connectivity index (χ1) is 6.43. The third kappa shape index (κ3) is 6.97. The van der Waals surface area contributed by atoms with Crippen molar-refractivity contribution < 1.29 is 0 Å². The Balaban J connectivity index is 4.12. The maximum absolute atomic E-state index is 5.74. The zero-order valence-corrected chi connectivity index (χ0v) is 10.5. The third-order valence-corrected chi connectivity index (χ3v) is 2.27. The second-order valence-corrected chi connectivity index (χ2v) is 4.74. The number of rotatable bonds is 5. The van der Waals surface area contributed by atoms with Gasteiger partial charge in [-0.25, -0.2) is 0 Å². The second kappa shape index (κ2) is 6.89. The molecule has 0 atom stereocenters. The Morgan fingerprint density at radius 2 is 1.86 bits per heavy atom. The van der Waals surface area contributed by atoms with Gasteiger partial charge in [-0.05, 0) is 44.3 Å². The monoisotopic (exact) mass is 212 g/mol. The summed E-state index contributed by atoms with van der Waals surface area (Å²) in [6.45, 7) is 12.5. The van der Waals surface area contributed by atoms with E-state index in [2.05, 4.69) is 27.4 Å². The lowest BCUT2D eigenvalue weighted by molar-refractivity contribution is 0.587. The summed E-state index contributed by atoms with van der Waals surface area (Å²) >= 11 is 5.74. The third-order valence-electron chi connectivity index (χ3n) is 2.14. The lowest BCUT2D eigenvalue weighted by Gasteiger charge is -2.07. The number of halogens is 1. The first-order valence-electron chi connectivity index (χ1n) is 5.12. The van der Waals surface area contributed by atoms with Gasteiger partial charge in [0.1, 0.15) is 0 Å². The predicted octanol–water partition coefficient (Wildman–Crippen LogP) is 5.07. The Hall–Kier alpha value is -0.490. The normalized spacial score (nSPS) is 13.6. The lowest BCUT2D eigenvalue weighted by atomic mass is 9.99. The summed E-state index contributed by atoms with van der Waals surface area (Å²) in [5, 5.41) is 0.806. The van der Waals surface area contributed by atoms with Crippen LogP contribution in [0.15, 0.2) is 34.9 Å². The highest BCUT2D eigenvalue weighted by atomic mass is 35.5. The van der Waals surface area contributed by atoms with Crippen LogP contribution >= 0.6 is 11.6 Å². The van der Waals surface area contributed by atoms with Gasteiger partial charge in [0.05, 0.1) is 0 Å². The Kier molecular flexibility index (Phi) is 6.65. The molecule has 0 nitrogen and oxygen atoms in total. The van der Waals surface area contributed by atoms with E-state index in [-0.39, 0.29) is 0 Å². The van der Waals surface area contributed by atoms with E-state index in [0.29, 0.717) is 0 Å². The fourth-order valence-electron chi connectivity index (χ4n) is 1.02. The van der Waals surface area contributed by atoms with E-state index in [0.717, 1.165) is 17.4 Å². The quantitative estimate of drug-likeness (QED) is 0.559. The molecular formula is C13H21Cl. The molecule has 0 aliphatic rings. The zero-order chi connectivity index (χ0) is 11.1. The van der Waals surface area contributed by atoms with Gasteiger partial charge >= 0.3 is 0 Å². The maximum atomic E-state index is 5.74. The first-order valence-corrected chi connectivity index (χ1v) is 5.50. The summed E-state index contributed by atoms with van der Waals surface area (Å²) in [6.07, 6.45) is 6.23. The van der Waals surface area contributed by atoms with Gasteiger partial charge < -0.3 is 0 Å². The molecule has 0 bridgehead atoms. The van der Waals surface area contributed by atoms with Gasteiger partial charge in [0.2, 0.25) is 0 Å². The molecule has 0 aliphatic heterocycles. The Morgan fingerprint density at radius 3 is 2.29 bits per heavy atom. The average Bonchev–Trinajstić information content (AvgIpc) is 2.09. The predicted molar refractivity (Wildman–Crippen MR) is 66.6 cm³/mol. The van der Waals surface area contributed by atoms with Gasteiger partial charge in [-0.3, -0.25) is 0 Å². The van der Waals surface area contributed by atoms with Crippen LogP contribution in [0.5, 0.6) is 0 Å². The Labute approximate surface area is 93.4 Å². The Morgan fingerprint density at radius 1 is 1.29 bits per heavy atom. The van der Waals surface area contributed by atoms with Gasteiger partial charge in [-0.15, -0.1) is 0 Å². The van der Waals surface area contributed by atoms with Crippen molar-refractivity contribution in [2.45, 2.75) is 40.5 Å². The molecule has 0 aliphatic carbocycles. The van der Waals surface area contributed by atoms with Crippen molar-refractivity contribution in [2.24, 2.45) is 5.92 Å². The molecule has 0 saturated heterocycles. The Bertz CT molecular complexity index is 240. The van der Waals surface area contributed by atoms with Gasteiger partial charge in [0.15, 0.2) is 0 Å². The molecule has 1 heteroatoms. The molecule has 0 rings (SSSR count). The fraction of sp³-hybridized carbons (Fsp3) is 0.538. The minimum absolute atomic E-state index is 0.741. The van der Waals surface area contributed by atoms with Crippen LogP contribution in [0, 0.1) is 5.92 Å². The first kappa shape index (κ1) is 13.5. The van der Waals surface area contributed by atoms with Crippen LogP contribution in [0.1, 0.15) is 40.5 Å². The van der Waals surface area contributed by atoms with E-state index in [1.807, 2.05) is 19.1 Å². The lowest BCUT2D eigenvalue weighted by Crippen LogP contribution is -1.90. The van der Waals surface area contributed by atoms with Crippen molar-refractivity contribution in [3.8, 4) is 0 Å². The second-order valence-electron chi connectivity index (χ2n) is 4.14. The summed E-state index contributed by atoms with van der Waals surface area (Å²) < 4.78 is 0. The molecule has 0 saturated carbocycles. The van der Waals surface area contributed by atoms with Crippen molar-refractivity contribution in [2.75, 3.05) is 0 Å². The maximum Gasteiger partial charge on any atom is 0.0150 e. The highest BCUT2D eigenvalue weighted by Crippen LogP contribution is 2.17. The molecule has 0 aromatic rings. The van der Waals surface area contributed by atoms with Crippen LogP contribution in [0.4, 0.5) is 0 Å². The van der Waals surface area contributed by atoms with Gasteiger partial charge in [-0.1, -0.05) is 43.7 Å². The molecule has 0 amide bonds. The summed E-state index contributed by atoms with van der Waals surface area (Å²) in [5.74, 6) is 0.741. The fourth-order valence-corrected chi connectivity index (χ4v) is 1.08. The van der Waals surface area contributed by atoms with E-state index in [9.17, 15) is 0 Å². The minimum atomic E-state index is 0.741. The SMILES string of the molecule is C=C(CCC(C)C)/C(C)=C/C=C(\C)Cl. The molecule has 0 radical (unpaired) electrons. The highest BCUT2D eigenvalue weighted by Gasteiger charge is 1.99. The molecule has 0 N–H and O–H groups in total. The van der Waals surface area contributed by atoms with Crippen molar-refractivity contribution in [3.05, 3.63) is 34.9 Å². The average molecular weight is 213 g/mol. The van der Waals surface area contributed by atoms with Crippen molar-refractivity contribution in [1.82, 2.24) is 0 Å². The minimum Gasteiger partial charge on any atom is -0.0956 e. The summed E-state index contributed by atoms with van der Waals surface area (Å²) in [4.78, 5) is 0. The van der Waals surface area contributed by atoms with Crippen LogP contribution in [0.2, 0.25) is 0 Å². The van der Waals surface area contributed by atoms with Crippen LogP contribution in [0.3, 0.4) is 0 Å². The smallest absolute Gasteiger partial charge is 0.0150 e. The molecule has 14 heavy (non-hydrogen) atoms. The molecule has 0 fully saturated rings. The summed E-state index contributed by atoms with van der Waals surface area (Å²) in [7, 11) is 0. The zero-order valence-electron chi connectivity index (χ0n) is 9.73. The molecule has 0 unspecified atom stereocenters. The van der Waals surface area contributed by atoms with E-state index in [4.69, 9.17) is 11.6 Å². The van der Waals surface area contributed by atoms with Crippen LogP contribution in [0.25, 0.3) is 0 Å². The van der Waals surface area contributed by atoms with Gasteiger partial charge in [0, 0.05) is 5.03 Å². The molecule has 0 spiro atoms. The van der Waals surface area contributed by atoms with Crippen molar-refractivity contribution >= 4 is 11.6 Å². The molecule has 0 aromatic carbocycles. The summed E-state index contributed by atoms with van der Waals surface area (Å²) in [6, 6.07) is 0. The molecule has 0 heterocycles. The van der Waals surface area contributed by atoms with Crippen molar-refractivity contribution in [1.29, 1.82) is 0 Å². The number of allylic oxidation sites excluding steroid dienone is 5. The topological polar surface area (TPSA) is 0 Å². The largest absolute Gasteiger partial charge is 0.0956 e. The van der Waals surface area contributed by atoms with E-state index in [1.165, 1.54) is 17.6 Å². The van der Waals surface area contributed by atoms with E-state index in [1.54, 1.807) is 0 Å². The van der Waals surface area contributed by atoms with E-state index >= 15 is 0 Å². The van der Waals surface area contributed by atoms with Crippen molar-refractivity contribution in [3.63, 3.8) is 0 Å². The molecule has 0 aromatic heterocycles. The molecule has 80 valence electrons. The van der Waals surface area contributed by atoms with Gasteiger partial charge in [-0.2, -0.15) is 0 Å². The highest BCUT2D eigenvalue weighted by molar-refractivity contribution is 6.29. The number of hydrogen-bond donors (Lipinski definition) is 0. The standard InChI is InChI=1S/C13H21Cl/c1-10(2)6-7-11(3)12(4)8-9-13(5)14/h8-10H,3,6-7H2,1-2,4-5H3/b12-8+,13-9+. The summed E-state index contributed by atoms with van der Waals surface area (Å²) in [5.41, 5.74) is 2.44. The molecular weight excluding hydrogens is 192 g/mol.